The predicted octanol–water partition coefficient (Wildman–Crippen LogP) is 0.0138. The fourth-order valence-electron chi connectivity index (χ4n) is 1.18. The van der Waals surface area contributed by atoms with Crippen LogP contribution in [0.15, 0.2) is 6.20 Å². The smallest absolute Gasteiger partial charge is 0.274 e. The minimum atomic E-state index is -2.50. The highest BCUT2D eigenvalue weighted by atomic mass is 19.3. The molecule has 1 aromatic heterocycles. The Morgan fingerprint density at radius 1 is 1.71 bits per heavy atom. The number of nitrogens with two attached hydrogens (primary N) is 1. The lowest BCUT2D eigenvalue weighted by Gasteiger charge is -2.04. The molecular formula is C9H14F2N4O2. The third-order valence-electron chi connectivity index (χ3n) is 1.85. The lowest BCUT2D eigenvalue weighted by molar-refractivity contribution is 0.0188. The van der Waals surface area contributed by atoms with Gasteiger partial charge in [0.25, 0.3) is 12.3 Å². The molecule has 8 heteroatoms. The quantitative estimate of drug-likeness (QED) is 0.695. The van der Waals surface area contributed by atoms with Gasteiger partial charge in [0, 0.05) is 19.8 Å². The first-order valence-corrected chi connectivity index (χ1v) is 4.94. The number of halogens is 2. The van der Waals surface area contributed by atoms with Crippen LogP contribution in [0.3, 0.4) is 0 Å². The molecule has 3 N–H and O–H groups in total. The number of hydrogen-bond donors (Lipinski definition) is 2. The Kier molecular flexibility index (Phi) is 4.83. The highest BCUT2D eigenvalue weighted by Gasteiger charge is 2.13. The van der Waals surface area contributed by atoms with E-state index in [0.717, 1.165) is 0 Å². The van der Waals surface area contributed by atoms with Crippen molar-refractivity contribution in [2.24, 2.45) is 7.05 Å². The number of ether oxygens (including phenoxy) is 1. The van der Waals surface area contributed by atoms with Crippen LogP contribution >= 0.6 is 0 Å². The molecule has 0 aliphatic heterocycles. The molecule has 17 heavy (non-hydrogen) atoms. The molecule has 0 saturated heterocycles. The fourth-order valence-corrected chi connectivity index (χ4v) is 1.18. The normalized spacial score (nSPS) is 10.8. The molecule has 1 rings (SSSR count). The van der Waals surface area contributed by atoms with Crippen molar-refractivity contribution in [2.75, 3.05) is 25.5 Å². The lowest BCUT2D eigenvalue weighted by Crippen LogP contribution is -2.28. The van der Waals surface area contributed by atoms with E-state index >= 15 is 0 Å². The average Bonchev–Trinajstić information content (AvgIpc) is 2.56. The van der Waals surface area contributed by atoms with Gasteiger partial charge in [0.15, 0.2) is 5.69 Å². The van der Waals surface area contributed by atoms with Gasteiger partial charge < -0.3 is 15.8 Å². The molecule has 0 fully saturated rings. The van der Waals surface area contributed by atoms with Gasteiger partial charge in [-0.2, -0.15) is 5.10 Å². The van der Waals surface area contributed by atoms with E-state index in [1.165, 1.54) is 10.9 Å². The molecule has 6 nitrogen and oxygen atoms in total. The van der Waals surface area contributed by atoms with Gasteiger partial charge in [-0.3, -0.25) is 9.48 Å². The second-order valence-electron chi connectivity index (χ2n) is 3.33. The van der Waals surface area contributed by atoms with Crippen LogP contribution in [-0.2, 0) is 11.8 Å². The van der Waals surface area contributed by atoms with Crippen molar-refractivity contribution in [3.8, 4) is 0 Å². The Balaban J connectivity index is 2.28. The average molecular weight is 248 g/mol. The van der Waals surface area contributed by atoms with Crippen LogP contribution in [0, 0.1) is 0 Å². The van der Waals surface area contributed by atoms with Crippen LogP contribution in [0.2, 0.25) is 0 Å². The first-order chi connectivity index (χ1) is 8.00. The number of hydrogen-bond acceptors (Lipinski definition) is 4. The molecule has 0 spiro atoms. The molecule has 0 bridgehead atoms. The topological polar surface area (TPSA) is 82.2 Å². The Hall–Kier alpha value is -1.70. The van der Waals surface area contributed by atoms with Gasteiger partial charge in [-0.15, -0.1) is 0 Å². The van der Waals surface area contributed by atoms with Crippen LogP contribution in [0.4, 0.5) is 14.5 Å². The number of carbonyl (C=O) groups is 1. The van der Waals surface area contributed by atoms with E-state index in [-0.39, 0.29) is 24.5 Å². The van der Waals surface area contributed by atoms with E-state index < -0.39 is 18.9 Å². The number of nitrogens with zero attached hydrogens (tertiary/aromatic N) is 2. The van der Waals surface area contributed by atoms with E-state index in [9.17, 15) is 13.6 Å². The van der Waals surface area contributed by atoms with Crippen LogP contribution < -0.4 is 11.1 Å². The van der Waals surface area contributed by atoms with Gasteiger partial charge in [-0.25, -0.2) is 8.78 Å². The Bertz CT molecular complexity index is 381. The minimum absolute atomic E-state index is 0.0167. The SMILES string of the molecule is Cn1cc(N)c(C(=O)NCCOCC(F)F)n1. The van der Waals surface area contributed by atoms with Crippen molar-refractivity contribution in [3.63, 3.8) is 0 Å². The zero-order valence-corrected chi connectivity index (χ0v) is 9.32. The van der Waals surface area contributed by atoms with Gasteiger partial charge in [-0.05, 0) is 0 Å². The van der Waals surface area contributed by atoms with Crippen LogP contribution in [0.1, 0.15) is 10.5 Å². The fraction of sp³-hybridized carbons (Fsp3) is 0.556. The van der Waals surface area contributed by atoms with E-state index in [0.29, 0.717) is 0 Å². The number of nitrogens with one attached hydrogen (secondary N) is 1. The van der Waals surface area contributed by atoms with Crippen molar-refractivity contribution in [1.29, 1.82) is 0 Å². The van der Waals surface area contributed by atoms with Gasteiger partial charge in [0.2, 0.25) is 0 Å². The molecule has 1 heterocycles. The number of aryl methyl sites for hydroxylation is 1. The summed E-state index contributed by atoms with van der Waals surface area (Å²) in [6.45, 7) is -0.494. The van der Waals surface area contributed by atoms with Crippen LogP contribution in [-0.4, -0.2) is 41.9 Å². The summed E-state index contributed by atoms with van der Waals surface area (Å²) in [5, 5.41) is 6.32. The number of amides is 1. The monoisotopic (exact) mass is 248 g/mol. The van der Waals surface area contributed by atoms with E-state index in [2.05, 4.69) is 15.2 Å². The maximum atomic E-state index is 11.7. The predicted molar refractivity (Wildman–Crippen MR) is 56.8 cm³/mol. The molecule has 0 aromatic carbocycles. The molecular weight excluding hydrogens is 234 g/mol. The second kappa shape index (κ2) is 6.14. The Morgan fingerprint density at radius 3 is 2.94 bits per heavy atom. The largest absolute Gasteiger partial charge is 0.396 e. The van der Waals surface area contributed by atoms with Crippen molar-refractivity contribution in [3.05, 3.63) is 11.9 Å². The summed E-state index contributed by atoms with van der Waals surface area (Å²) in [4.78, 5) is 11.5. The molecule has 1 aromatic rings. The molecule has 0 atom stereocenters. The van der Waals surface area contributed by atoms with Gasteiger partial charge in [0.1, 0.15) is 6.61 Å². The third-order valence-corrected chi connectivity index (χ3v) is 1.85. The summed E-state index contributed by atoms with van der Waals surface area (Å²) >= 11 is 0. The molecule has 0 unspecified atom stereocenters. The molecule has 0 aliphatic carbocycles. The minimum Gasteiger partial charge on any atom is -0.396 e. The Morgan fingerprint density at radius 2 is 2.41 bits per heavy atom. The first kappa shape index (κ1) is 13.4. The highest BCUT2D eigenvalue weighted by molar-refractivity contribution is 5.96. The number of rotatable bonds is 6. The first-order valence-electron chi connectivity index (χ1n) is 4.94. The van der Waals surface area contributed by atoms with E-state index in [4.69, 9.17) is 5.73 Å². The van der Waals surface area contributed by atoms with Gasteiger partial charge in [-0.1, -0.05) is 0 Å². The van der Waals surface area contributed by atoms with Crippen LogP contribution in [0.5, 0.6) is 0 Å². The summed E-state index contributed by atoms with van der Waals surface area (Å²) in [7, 11) is 1.64. The zero-order valence-electron chi connectivity index (χ0n) is 9.32. The molecule has 96 valence electrons. The standard InChI is InChI=1S/C9H14F2N4O2/c1-15-4-6(12)8(14-15)9(16)13-2-3-17-5-7(10)11/h4,7H,2-3,5,12H2,1H3,(H,13,16). The molecule has 0 radical (unpaired) electrons. The molecule has 0 aliphatic rings. The van der Waals surface area contributed by atoms with Crippen molar-refractivity contribution in [2.45, 2.75) is 6.43 Å². The van der Waals surface area contributed by atoms with Crippen molar-refractivity contribution in [1.82, 2.24) is 15.1 Å². The lowest BCUT2D eigenvalue weighted by atomic mass is 10.3. The molecule has 0 saturated carbocycles. The Labute approximate surface area is 96.7 Å². The van der Waals surface area contributed by atoms with Crippen LogP contribution in [0.25, 0.3) is 0 Å². The summed E-state index contributed by atoms with van der Waals surface area (Å²) in [5.41, 5.74) is 5.91. The third kappa shape index (κ3) is 4.35. The number of aromatic nitrogens is 2. The van der Waals surface area contributed by atoms with Gasteiger partial charge >= 0.3 is 0 Å². The summed E-state index contributed by atoms with van der Waals surface area (Å²) in [5.74, 6) is -0.455. The van der Waals surface area contributed by atoms with Crippen molar-refractivity contribution < 1.29 is 18.3 Å². The maximum absolute atomic E-state index is 11.7. The zero-order chi connectivity index (χ0) is 12.8. The summed E-state index contributed by atoms with van der Waals surface area (Å²) in [6, 6.07) is 0. The van der Waals surface area contributed by atoms with E-state index in [1.807, 2.05) is 0 Å². The number of anilines is 1. The number of alkyl halides is 2. The number of nitrogen functional groups attached to an aromatic ring is 1. The van der Waals surface area contributed by atoms with E-state index in [1.54, 1.807) is 7.05 Å². The summed E-state index contributed by atoms with van der Waals surface area (Å²) in [6.07, 6.45) is -1.00. The maximum Gasteiger partial charge on any atom is 0.274 e. The second-order valence-corrected chi connectivity index (χ2v) is 3.33. The van der Waals surface area contributed by atoms with Gasteiger partial charge in [0.05, 0.1) is 12.3 Å². The van der Waals surface area contributed by atoms with Crippen molar-refractivity contribution >= 4 is 11.6 Å². The summed E-state index contributed by atoms with van der Waals surface area (Å²) < 4.78 is 29.4. The number of carbonyl (C=O) groups excluding carboxylic acids is 1. The highest BCUT2D eigenvalue weighted by Crippen LogP contribution is 2.06. The molecule has 1 amide bonds.